The average molecular weight is 426 g/mol. The lowest BCUT2D eigenvalue weighted by Crippen LogP contribution is -2.20. The summed E-state index contributed by atoms with van der Waals surface area (Å²) < 4.78 is 89.7. The van der Waals surface area contributed by atoms with Crippen LogP contribution in [0.3, 0.4) is 0 Å². The summed E-state index contributed by atoms with van der Waals surface area (Å²) in [6.45, 7) is 0.282. The lowest BCUT2D eigenvalue weighted by atomic mass is 10.00. The van der Waals surface area contributed by atoms with E-state index in [1.807, 2.05) is 6.92 Å². The van der Waals surface area contributed by atoms with Crippen molar-refractivity contribution in [3.63, 3.8) is 0 Å². The average Bonchev–Trinajstić information content (AvgIpc) is 2.67. The highest BCUT2D eigenvalue weighted by Crippen LogP contribution is 2.34. The van der Waals surface area contributed by atoms with Crippen molar-refractivity contribution in [1.82, 2.24) is 0 Å². The molecule has 0 saturated carbocycles. The second-order valence-corrected chi connectivity index (χ2v) is 6.36. The van der Waals surface area contributed by atoms with Gasteiger partial charge in [-0.25, -0.2) is 13.2 Å². The Kier molecular flexibility index (Phi) is 6.24. The summed E-state index contributed by atoms with van der Waals surface area (Å²) in [7, 11) is 0. The molecule has 3 aromatic carbocycles. The van der Waals surface area contributed by atoms with Gasteiger partial charge in [0, 0.05) is 17.0 Å². The number of allylic oxidation sites excluding steroid dienone is 1. The van der Waals surface area contributed by atoms with Crippen LogP contribution < -0.4 is 9.47 Å². The van der Waals surface area contributed by atoms with Crippen LogP contribution in [0.4, 0.5) is 26.3 Å². The summed E-state index contributed by atoms with van der Waals surface area (Å²) in [6.07, 6.45) is -1.19. The molecule has 0 radical (unpaired) electrons. The minimum absolute atomic E-state index is 0.0506. The lowest BCUT2D eigenvalue weighted by molar-refractivity contribution is -0.154. The first-order valence-corrected chi connectivity index (χ1v) is 8.85. The highest BCUT2D eigenvalue weighted by Gasteiger charge is 2.30. The van der Waals surface area contributed by atoms with E-state index in [9.17, 15) is 26.3 Å². The first-order valence-electron chi connectivity index (χ1n) is 8.85. The third kappa shape index (κ3) is 4.87. The van der Waals surface area contributed by atoms with E-state index in [-0.39, 0.29) is 22.9 Å². The van der Waals surface area contributed by atoms with Crippen LogP contribution in [0.2, 0.25) is 0 Å². The quantitative estimate of drug-likeness (QED) is 0.318. The molecule has 3 aromatic rings. The van der Waals surface area contributed by atoms with Crippen LogP contribution in [0, 0.1) is 17.5 Å². The summed E-state index contributed by atoms with van der Waals surface area (Å²) >= 11 is 0. The van der Waals surface area contributed by atoms with E-state index in [4.69, 9.17) is 4.74 Å². The molecule has 158 valence electrons. The van der Waals surface area contributed by atoms with E-state index in [0.29, 0.717) is 11.3 Å². The van der Waals surface area contributed by atoms with Gasteiger partial charge < -0.3 is 9.47 Å². The number of hydrogen-bond acceptors (Lipinski definition) is 2. The number of benzene rings is 3. The Hall–Kier alpha value is -3.16. The van der Waals surface area contributed by atoms with Crippen molar-refractivity contribution in [2.24, 2.45) is 0 Å². The molecule has 8 heteroatoms. The van der Waals surface area contributed by atoms with Gasteiger partial charge in [-0.2, -0.15) is 13.2 Å². The Morgan fingerprint density at radius 1 is 0.900 bits per heavy atom. The molecule has 0 heterocycles. The molecule has 0 spiro atoms. The van der Waals surface area contributed by atoms with E-state index in [1.54, 1.807) is 18.2 Å². The van der Waals surface area contributed by atoms with Crippen molar-refractivity contribution in [3.05, 3.63) is 72.1 Å². The van der Waals surface area contributed by atoms with E-state index < -0.39 is 36.0 Å². The molecule has 2 nitrogen and oxygen atoms in total. The fourth-order valence-electron chi connectivity index (χ4n) is 2.83. The van der Waals surface area contributed by atoms with Crippen LogP contribution in [0.1, 0.15) is 6.92 Å². The number of ether oxygens (including phenoxy) is 2. The second kappa shape index (κ2) is 8.69. The van der Waals surface area contributed by atoms with Crippen molar-refractivity contribution in [2.45, 2.75) is 13.1 Å². The van der Waals surface area contributed by atoms with Gasteiger partial charge in [-0.15, -0.1) is 0 Å². The fraction of sp³-hybridized carbons (Fsp3) is 0.182. The van der Waals surface area contributed by atoms with Gasteiger partial charge in [0.2, 0.25) is 0 Å². The summed E-state index contributed by atoms with van der Waals surface area (Å²) in [6, 6.07) is 9.02. The molecule has 30 heavy (non-hydrogen) atoms. The van der Waals surface area contributed by atoms with Crippen molar-refractivity contribution in [3.8, 4) is 22.6 Å². The first-order chi connectivity index (χ1) is 14.2. The van der Waals surface area contributed by atoms with Crippen LogP contribution >= 0.6 is 0 Å². The predicted octanol–water partition coefficient (Wildman–Crippen LogP) is 6.82. The molecule has 0 aliphatic heterocycles. The van der Waals surface area contributed by atoms with Crippen molar-refractivity contribution < 1.29 is 35.8 Å². The largest absolute Gasteiger partial charge is 0.489 e. The Morgan fingerprint density at radius 2 is 1.67 bits per heavy atom. The van der Waals surface area contributed by atoms with Crippen molar-refractivity contribution in [2.75, 3.05) is 13.2 Å². The Bertz CT molecular complexity index is 1090. The normalized spacial score (nSPS) is 12.0. The van der Waals surface area contributed by atoms with Gasteiger partial charge in [0.25, 0.3) is 0 Å². The van der Waals surface area contributed by atoms with E-state index >= 15 is 0 Å². The van der Waals surface area contributed by atoms with Gasteiger partial charge in [-0.05, 0) is 42.1 Å². The number of halogens is 6. The number of rotatable bonds is 6. The van der Waals surface area contributed by atoms with Gasteiger partial charge >= 0.3 is 6.18 Å². The molecule has 0 aliphatic carbocycles. The fourth-order valence-corrected chi connectivity index (χ4v) is 2.83. The number of alkyl halides is 3. The molecule has 0 atom stereocenters. The standard InChI is InChI=1S/C22H16F6O2/c1-2-3-8-29-15-5-7-16(18(23)11-15)13-4-6-17-14(9-13)10-19(24)21(20(17)25)30-12-22(26,27)28/h2-7,9-11H,8,12H2,1H3. The molecule has 0 unspecified atom stereocenters. The molecular formula is C22H16F6O2. The maximum atomic E-state index is 14.5. The third-order valence-corrected chi connectivity index (χ3v) is 4.20. The van der Waals surface area contributed by atoms with E-state index in [0.717, 1.165) is 6.07 Å². The zero-order chi connectivity index (χ0) is 21.9. The van der Waals surface area contributed by atoms with Crippen LogP contribution in [0.5, 0.6) is 11.5 Å². The van der Waals surface area contributed by atoms with Crippen LogP contribution in [-0.2, 0) is 0 Å². The second-order valence-electron chi connectivity index (χ2n) is 6.36. The predicted molar refractivity (Wildman–Crippen MR) is 101 cm³/mol. The van der Waals surface area contributed by atoms with Gasteiger partial charge in [0.15, 0.2) is 24.0 Å². The molecule has 0 amide bonds. The van der Waals surface area contributed by atoms with Crippen molar-refractivity contribution in [1.29, 1.82) is 0 Å². The summed E-state index contributed by atoms with van der Waals surface area (Å²) in [5.41, 5.74) is 0.510. The zero-order valence-corrected chi connectivity index (χ0v) is 15.7. The van der Waals surface area contributed by atoms with E-state index in [1.165, 1.54) is 30.3 Å². The summed E-state index contributed by atoms with van der Waals surface area (Å²) in [5.74, 6) is -3.93. The third-order valence-electron chi connectivity index (χ3n) is 4.20. The van der Waals surface area contributed by atoms with Crippen LogP contribution in [0.25, 0.3) is 21.9 Å². The smallest absolute Gasteiger partial charge is 0.422 e. The molecule has 3 rings (SSSR count). The number of hydrogen-bond donors (Lipinski definition) is 0. The molecule has 0 bridgehead atoms. The molecule has 0 aliphatic rings. The minimum Gasteiger partial charge on any atom is -0.489 e. The molecule has 0 N–H and O–H groups in total. The maximum absolute atomic E-state index is 14.5. The lowest BCUT2D eigenvalue weighted by Gasteiger charge is -2.13. The van der Waals surface area contributed by atoms with Crippen molar-refractivity contribution >= 4 is 10.8 Å². The van der Waals surface area contributed by atoms with Crippen LogP contribution in [-0.4, -0.2) is 19.4 Å². The minimum atomic E-state index is -4.74. The van der Waals surface area contributed by atoms with Gasteiger partial charge in [0.1, 0.15) is 18.2 Å². The summed E-state index contributed by atoms with van der Waals surface area (Å²) in [5, 5.41) is -0.0984. The van der Waals surface area contributed by atoms with Gasteiger partial charge in [0.05, 0.1) is 0 Å². The topological polar surface area (TPSA) is 18.5 Å². The molecule has 0 aromatic heterocycles. The van der Waals surface area contributed by atoms with E-state index in [2.05, 4.69) is 4.74 Å². The molecule has 0 fully saturated rings. The Balaban J connectivity index is 1.94. The monoisotopic (exact) mass is 426 g/mol. The highest BCUT2D eigenvalue weighted by molar-refractivity contribution is 5.89. The van der Waals surface area contributed by atoms with Gasteiger partial charge in [-0.3, -0.25) is 0 Å². The van der Waals surface area contributed by atoms with Gasteiger partial charge in [-0.1, -0.05) is 24.3 Å². The number of fused-ring (bicyclic) bond motifs is 1. The van der Waals surface area contributed by atoms with Crippen LogP contribution in [0.15, 0.2) is 54.6 Å². The molecular weight excluding hydrogens is 410 g/mol. The zero-order valence-electron chi connectivity index (χ0n) is 15.7. The highest BCUT2D eigenvalue weighted by atomic mass is 19.4. The SMILES string of the molecule is CC=CCOc1ccc(-c2ccc3c(F)c(OCC(F)(F)F)c(F)cc3c2)c(F)c1. The Morgan fingerprint density at radius 3 is 2.33 bits per heavy atom. The Labute approximate surface area is 168 Å². The maximum Gasteiger partial charge on any atom is 0.422 e. The summed E-state index contributed by atoms with van der Waals surface area (Å²) in [4.78, 5) is 0. The molecule has 0 saturated heterocycles. The first kappa shape index (κ1) is 21.5.